The minimum Gasteiger partial charge on any atom is -0.394 e. The lowest BCUT2D eigenvalue weighted by atomic mass is 9.99. The summed E-state index contributed by atoms with van der Waals surface area (Å²) in [6.07, 6.45) is 18.4. The molecule has 1 rings (SSSR count). The fraction of sp³-hybridized carbons (Fsp3) is 0.800. The number of unbranched alkanes of at least 4 members (excludes halogenated alkanes) is 11. The van der Waals surface area contributed by atoms with Gasteiger partial charge in [-0.3, -0.25) is 4.79 Å². The van der Waals surface area contributed by atoms with E-state index in [0.717, 1.165) is 25.7 Å². The topological polar surface area (TPSA) is 169 Å². The molecule has 10 heteroatoms. The predicted molar refractivity (Wildman–Crippen MR) is 176 cm³/mol. The molecule has 1 saturated heterocycles. The second-order valence-corrected chi connectivity index (χ2v) is 12.1. The van der Waals surface area contributed by atoms with Gasteiger partial charge >= 0.3 is 0 Å². The molecule has 0 aliphatic carbocycles. The van der Waals surface area contributed by atoms with Gasteiger partial charge in [0.1, 0.15) is 30.5 Å². The number of allylic oxidation sites excluding steroid dienone is 5. The average molecular weight is 642 g/mol. The number of hydrogen-bond donors (Lipinski definition) is 7. The second-order valence-electron chi connectivity index (χ2n) is 12.1. The Hall–Kier alpha value is -1.63. The molecule has 8 unspecified atom stereocenters. The highest BCUT2D eigenvalue weighted by Gasteiger charge is 2.44. The third-order valence-corrected chi connectivity index (χ3v) is 8.05. The maximum atomic E-state index is 12.8. The SMILES string of the molecule is CCCCCC/C=C\CCC(O)C(=O)NC(COC1OC(CO)C(O)C(O)C1O)C(O)/C=C/CC/C=C/CCCCCCCC. The van der Waals surface area contributed by atoms with Gasteiger partial charge in [-0.25, -0.2) is 0 Å². The molecule has 0 spiro atoms. The van der Waals surface area contributed by atoms with E-state index in [1.807, 2.05) is 12.2 Å². The molecular formula is C35H63NO9. The molecule has 262 valence electrons. The minimum absolute atomic E-state index is 0.217. The van der Waals surface area contributed by atoms with Crippen LogP contribution >= 0.6 is 0 Å². The highest BCUT2D eigenvalue weighted by atomic mass is 16.7. The van der Waals surface area contributed by atoms with Crippen molar-refractivity contribution in [3.05, 3.63) is 36.5 Å². The highest BCUT2D eigenvalue weighted by molar-refractivity contribution is 5.80. The maximum absolute atomic E-state index is 12.8. The first kappa shape index (κ1) is 41.4. The number of carbonyl (C=O) groups is 1. The molecule has 1 aliphatic heterocycles. The molecule has 8 atom stereocenters. The van der Waals surface area contributed by atoms with Gasteiger partial charge in [0.2, 0.25) is 5.91 Å². The van der Waals surface area contributed by atoms with E-state index in [1.54, 1.807) is 6.08 Å². The lowest BCUT2D eigenvalue weighted by Crippen LogP contribution is -2.60. The van der Waals surface area contributed by atoms with Crippen molar-refractivity contribution in [1.29, 1.82) is 0 Å². The fourth-order valence-electron chi connectivity index (χ4n) is 5.06. The summed E-state index contributed by atoms with van der Waals surface area (Å²) in [5, 5.41) is 63.8. The Kier molecular flexibility index (Phi) is 24.3. The van der Waals surface area contributed by atoms with Crippen molar-refractivity contribution < 1.29 is 44.9 Å². The smallest absolute Gasteiger partial charge is 0.249 e. The molecule has 0 radical (unpaired) electrons. The largest absolute Gasteiger partial charge is 0.394 e. The number of aliphatic hydroxyl groups is 6. The van der Waals surface area contributed by atoms with Crippen LogP contribution in [-0.4, -0.2) is 98.7 Å². The van der Waals surface area contributed by atoms with Crippen LogP contribution in [0.5, 0.6) is 0 Å². The molecule has 7 N–H and O–H groups in total. The van der Waals surface area contributed by atoms with Gasteiger partial charge in [0.05, 0.1) is 25.4 Å². The zero-order chi connectivity index (χ0) is 33.3. The third kappa shape index (κ3) is 18.3. The monoisotopic (exact) mass is 641 g/mol. The van der Waals surface area contributed by atoms with Crippen LogP contribution in [0.4, 0.5) is 0 Å². The zero-order valence-corrected chi connectivity index (χ0v) is 27.7. The van der Waals surface area contributed by atoms with Crippen LogP contribution < -0.4 is 5.32 Å². The van der Waals surface area contributed by atoms with Gasteiger partial charge in [0.25, 0.3) is 0 Å². The quantitative estimate of drug-likeness (QED) is 0.0546. The van der Waals surface area contributed by atoms with Crippen molar-refractivity contribution in [2.75, 3.05) is 13.2 Å². The van der Waals surface area contributed by atoms with Gasteiger partial charge in [-0.15, -0.1) is 0 Å². The van der Waals surface area contributed by atoms with Crippen LogP contribution in [0.2, 0.25) is 0 Å². The third-order valence-electron chi connectivity index (χ3n) is 8.05. The summed E-state index contributed by atoms with van der Waals surface area (Å²) in [7, 11) is 0. The van der Waals surface area contributed by atoms with E-state index in [-0.39, 0.29) is 13.0 Å². The van der Waals surface area contributed by atoms with E-state index >= 15 is 0 Å². The van der Waals surface area contributed by atoms with Gasteiger partial charge in [-0.1, -0.05) is 102 Å². The Labute approximate surface area is 271 Å². The van der Waals surface area contributed by atoms with E-state index in [2.05, 4.69) is 37.4 Å². The van der Waals surface area contributed by atoms with E-state index in [4.69, 9.17) is 9.47 Å². The van der Waals surface area contributed by atoms with E-state index in [1.165, 1.54) is 57.8 Å². The van der Waals surface area contributed by atoms with Crippen molar-refractivity contribution in [3.8, 4) is 0 Å². The summed E-state index contributed by atoms with van der Waals surface area (Å²) in [5.41, 5.74) is 0. The van der Waals surface area contributed by atoms with Gasteiger partial charge in [0.15, 0.2) is 6.29 Å². The van der Waals surface area contributed by atoms with Crippen LogP contribution in [0, 0.1) is 0 Å². The lowest BCUT2D eigenvalue weighted by Gasteiger charge is -2.40. The van der Waals surface area contributed by atoms with Crippen molar-refractivity contribution in [1.82, 2.24) is 5.32 Å². The highest BCUT2D eigenvalue weighted by Crippen LogP contribution is 2.22. The Morgan fingerprint density at radius 3 is 1.96 bits per heavy atom. The van der Waals surface area contributed by atoms with Crippen molar-refractivity contribution in [3.63, 3.8) is 0 Å². The van der Waals surface area contributed by atoms with Gasteiger partial charge in [-0.2, -0.15) is 0 Å². The lowest BCUT2D eigenvalue weighted by molar-refractivity contribution is -0.302. The molecule has 1 heterocycles. The number of ether oxygens (including phenoxy) is 2. The number of carbonyl (C=O) groups excluding carboxylic acids is 1. The first-order chi connectivity index (χ1) is 21.8. The molecule has 45 heavy (non-hydrogen) atoms. The number of aliphatic hydroxyl groups excluding tert-OH is 6. The molecule has 1 fully saturated rings. The number of amides is 1. The zero-order valence-electron chi connectivity index (χ0n) is 27.7. The van der Waals surface area contributed by atoms with Crippen molar-refractivity contribution in [2.45, 2.75) is 166 Å². The predicted octanol–water partition coefficient (Wildman–Crippen LogP) is 3.96. The summed E-state index contributed by atoms with van der Waals surface area (Å²) >= 11 is 0. The van der Waals surface area contributed by atoms with Crippen molar-refractivity contribution in [2.24, 2.45) is 0 Å². The van der Waals surface area contributed by atoms with E-state index in [0.29, 0.717) is 12.8 Å². The Bertz CT molecular complexity index is 819. The molecule has 0 saturated carbocycles. The Balaban J connectivity index is 2.66. The van der Waals surface area contributed by atoms with Crippen molar-refractivity contribution >= 4 is 5.91 Å². The van der Waals surface area contributed by atoms with E-state index in [9.17, 15) is 35.4 Å². The summed E-state index contributed by atoms with van der Waals surface area (Å²) < 4.78 is 11.0. The van der Waals surface area contributed by atoms with E-state index < -0.39 is 61.5 Å². The van der Waals surface area contributed by atoms with Crippen LogP contribution in [0.15, 0.2) is 36.5 Å². The van der Waals surface area contributed by atoms with Crippen LogP contribution in [-0.2, 0) is 14.3 Å². The molecular weight excluding hydrogens is 578 g/mol. The second kappa shape index (κ2) is 26.4. The first-order valence-corrected chi connectivity index (χ1v) is 17.3. The van der Waals surface area contributed by atoms with Gasteiger partial charge < -0.3 is 45.4 Å². The van der Waals surface area contributed by atoms with Gasteiger partial charge in [0, 0.05) is 0 Å². The molecule has 1 aliphatic rings. The number of rotatable bonds is 26. The molecule has 0 aromatic carbocycles. The first-order valence-electron chi connectivity index (χ1n) is 17.3. The molecule has 1 amide bonds. The summed E-state index contributed by atoms with van der Waals surface area (Å²) in [6, 6.07) is -1.01. The van der Waals surface area contributed by atoms with Crippen LogP contribution in [0.25, 0.3) is 0 Å². The average Bonchev–Trinajstić information content (AvgIpc) is 3.04. The minimum atomic E-state index is -1.62. The molecule has 0 aromatic heterocycles. The summed E-state index contributed by atoms with van der Waals surface area (Å²) in [5.74, 6) is -0.668. The molecule has 0 aromatic rings. The normalized spacial score (nSPS) is 24.5. The van der Waals surface area contributed by atoms with Crippen LogP contribution in [0.1, 0.15) is 117 Å². The standard InChI is InChI=1S/C35H63NO9/c1-3-5-7-9-11-13-14-15-16-18-19-21-23-28(38)27(26-44-35-33(42)32(41)31(40)30(25-37)45-35)36-34(43)29(39)24-22-20-17-12-10-8-6-4-2/h15-17,20-21,23,27-33,35,37-42H,3-14,18-19,22,24-26H2,1-2H3,(H,36,43)/b16-15+,20-17-,23-21+. The number of nitrogens with one attached hydrogen (secondary N) is 1. The Morgan fingerprint density at radius 2 is 1.31 bits per heavy atom. The van der Waals surface area contributed by atoms with Crippen LogP contribution in [0.3, 0.4) is 0 Å². The summed E-state index contributed by atoms with van der Waals surface area (Å²) in [4.78, 5) is 12.8. The fourth-order valence-corrected chi connectivity index (χ4v) is 5.06. The van der Waals surface area contributed by atoms with Gasteiger partial charge in [-0.05, 0) is 51.4 Å². The molecule has 0 bridgehead atoms. The summed E-state index contributed by atoms with van der Waals surface area (Å²) in [6.45, 7) is 3.44. The molecule has 10 nitrogen and oxygen atoms in total. The Morgan fingerprint density at radius 1 is 0.756 bits per heavy atom. The maximum Gasteiger partial charge on any atom is 0.249 e. The number of hydrogen-bond acceptors (Lipinski definition) is 9.